The Bertz CT molecular complexity index is 901. The lowest BCUT2D eigenvalue weighted by Crippen LogP contribution is -2.04. The summed E-state index contributed by atoms with van der Waals surface area (Å²) >= 11 is 3.38. The molecule has 6 heteroatoms. The lowest BCUT2D eigenvalue weighted by molar-refractivity contribution is 0.430. The largest absolute Gasteiger partial charge is 0.436 e. The lowest BCUT2D eigenvalue weighted by Gasteiger charge is -2.10. The van der Waals surface area contributed by atoms with E-state index in [0.29, 0.717) is 5.56 Å². The van der Waals surface area contributed by atoms with Crippen molar-refractivity contribution in [2.24, 2.45) is 0 Å². The summed E-state index contributed by atoms with van der Waals surface area (Å²) in [6.07, 6.45) is 2.57. The molecule has 0 aliphatic heterocycles. The van der Waals surface area contributed by atoms with E-state index in [4.69, 9.17) is 4.42 Å². The molecule has 0 atom stereocenters. The molecule has 0 radical (unpaired) electrons. The minimum atomic E-state index is -3.79. The van der Waals surface area contributed by atoms with Crippen LogP contribution in [0.25, 0.3) is 11.1 Å². The number of hydrogen-bond acceptors (Lipinski definition) is 4. The zero-order chi connectivity index (χ0) is 15.7. The third-order valence-corrected chi connectivity index (χ3v) is 5.34. The second-order valence-electron chi connectivity index (χ2n) is 4.81. The number of nitrogens with zero attached hydrogens (tertiary/aromatic N) is 1. The van der Waals surface area contributed by atoms with Crippen LogP contribution in [0.4, 0.5) is 0 Å². The molecular formula is C16H12BrNO3S. The Morgan fingerprint density at radius 1 is 1.09 bits per heavy atom. The highest BCUT2D eigenvalue weighted by Gasteiger charge is 2.26. The van der Waals surface area contributed by atoms with Crippen molar-refractivity contribution in [2.75, 3.05) is 0 Å². The van der Waals surface area contributed by atoms with Crippen molar-refractivity contribution >= 4 is 25.8 Å². The molecule has 0 unspecified atom stereocenters. The van der Waals surface area contributed by atoms with E-state index in [-0.39, 0.29) is 10.1 Å². The van der Waals surface area contributed by atoms with Crippen molar-refractivity contribution in [3.63, 3.8) is 0 Å². The van der Waals surface area contributed by atoms with Gasteiger partial charge in [-0.05, 0) is 30.7 Å². The van der Waals surface area contributed by atoms with E-state index in [0.717, 1.165) is 15.6 Å². The van der Waals surface area contributed by atoms with Gasteiger partial charge in [0.05, 0.1) is 11.1 Å². The lowest BCUT2D eigenvalue weighted by atomic mass is 10.0. The fraction of sp³-hybridized carbons (Fsp3) is 0.0625. The van der Waals surface area contributed by atoms with E-state index in [1.54, 1.807) is 12.1 Å². The summed E-state index contributed by atoms with van der Waals surface area (Å²) in [6, 6.07) is 12.7. The normalized spacial score (nSPS) is 11.5. The number of aromatic nitrogens is 1. The maximum Gasteiger partial charge on any atom is 0.319 e. The van der Waals surface area contributed by atoms with Crippen molar-refractivity contribution in [1.82, 2.24) is 4.98 Å². The van der Waals surface area contributed by atoms with Crippen molar-refractivity contribution in [2.45, 2.75) is 17.0 Å². The Hall–Kier alpha value is -1.92. The van der Waals surface area contributed by atoms with E-state index in [2.05, 4.69) is 20.9 Å². The van der Waals surface area contributed by atoms with Crippen molar-refractivity contribution < 1.29 is 12.8 Å². The summed E-state index contributed by atoms with van der Waals surface area (Å²) in [4.78, 5) is 3.96. The molecular weight excluding hydrogens is 366 g/mol. The molecule has 0 fully saturated rings. The molecule has 1 aromatic heterocycles. The van der Waals surface area contributed by atoms with Gasteiger partial charge in [0.2, 0.25) is 0 Å². The standard InChI is InChI=1S/C16H12BrNO3S/c1-11-2-7-15(22(19,20)16-18-8-9-21-16)14(10-11)12-3-5-13(17)6-4-12/h2-10H,1H3. The SMILES string of the molecule is Cc1ccc(S(=O)(=O)c2ncco2)c(-c2ccc(Br)cc2)c1. The minimum absolute atomic E-state index is 0.183. The smallest absolute Gasteiger partial charge is 0.319 e. The number of oxazole rings is 1. The first-order chi connectivity index (χ1) is 10.5. The highest BCUT2D eigenvalue weighted by atomic mass is 79.9. The first-order valence-corrected chi connectivity index (χ1v) is 8.77. The molecule has 0 amide bonds. The average molecular weight is 378 g/mol. The summed E-state index contributed by atoms with van der Waals surface area (Å²) in [5, 5.41) is -0.297. The number of sulfone groups is 1. The monoisotopic (exact) mass is 377 g/mol. The van der Waals surface area contributed by atoms with Crippen LogP contribution in [0.15, 0.2) is 73.9 Å². The number of aryl methyl sites for hydroxylation is 1. The van der Waals surface area contributed by atoms with Gasteiger partial charge in [-0.15, -0.1) is 0 Å². The molecule has 1 heterocycles. The average Bonchev–Trinajstić information content (AvgIpc) is 3.02. The zero-order valence-electron chi connectivity index (χ0n) is 11.7. The van der Waals surface area contributed by atoms with E-state index in [1.807, 2.05) is 37.3 Å². The molecule has 4 nitrogen and oxygen atoms in total. The van der Waals surface area contributed by atoms with Crippen molar-refractivity contribution in [3.8, 4) is 11.1 Å². The van der Waals surface area contributed by atoms with Gasteiger partial charge >= 0.3 is 5.22 Å². The van der Waals surface area contributed by atoms with Gasteiger partial charge in [-0.25, -0.2) is 13.4 Å². The van der Waals surface area contributed by atoms with Gasteiger partial charge in [-0.1, -0.05) is 45.8 Å². The van der Waals surface area contributed by atoms with Crippen LogP contribution in [-0.4, -0.2) is 13.4 Å². The van der Waals surface area contributed by atoms with Crippen LogP contribution < -0.4 is 0 Å². The fourth-order valence-electron chi connectivity index (χ4n) is 2.17. The third kappa shape index (κ3) is 2.71. The van der Waals surface area contributed by atoms with Gasteiger partial charge in [0.15, 0.2) is 0 Å². The van der Waals surface area contributed by atoms with Crippen LogP contribution in [0.2, 0.25) is 0 Å². The van der Waals surface area contributed by atoms with Crippen LogP contribution in [-0.2, 0) is 9.84 Å². The Morgan fingerprint density at radius 2 is 1.82 bits per heavy atom. The predicted octanol–water partition coefficient (Wildman–Crippen LogP) is 4.25. The molecule has 2 aromatic carbocycles. The molecule has 0 saturated carbocycles. The number of halogens is 1. The van der Waals surface area contributed by atoms with E-state index in [1.165, 1.54) is 12.5 Å². The van der Waals surface area contributed by atoms with E-state index in [9.17, 15) is 8.42 Å². The first-order valence-electron chi connectivity index (χ1n) is 6.49. The molecule has 0 bridgehead atoms. The Labute approximate surface area is 136 Å². The molecule has 22 heavy (non-hydrogen) atoms. The fourth-order valence-corrected chi connectivity index (χ4v) is 3.72. The van der Waals surface area contributed by atoms with Crippen LogP contribution in [0.3, 0.4) is 0 Å². The van der Waals surface area contributed by atoms with Gasteiger partial charge < -0.3 is 4.42 Å². The predicted molar refractivity (Wildman–Crippen MR) is 86.3 cm³/mol. The summed E-state index contributed by atoms with van der Waals surface area (Å²) in [5.74, 6) is 0. The highest BCUT2D eigenvalue weighted by Crippen LogP contribution is 2.32. The van der Waals surface area contributed by atoms with E-state index < -0.39 is 9.84 Å². The molecule has 0 aliphatic carbocycles. The Balaban J connectivity index is 2.23. The Kier molecular flexibility index (Phi) is 3.88. The molecule has 0 spiro atoms. The highest BCUT2D eigenvalue weighted by molar-refractivity contribution is 9.10. The summed E-state index contributed by atoms with van der Waals surface area (Å²) in [6.45, 7) is 1.92. The Morgan fingerprint density at radius 3 is 2.45 bits per heavy atom. The van der Waals surface area contributed by atoms with Gasteiger partial charge in [0.1, 0.15) is 6.26 Å². The second kappa shape index (κ2) is 5.70. The van der Waals surface area contributed by atoms with E-state index >= 15 is 0 Å². The third-order valence-electron chi connectivity index (χ3n) is 3.22. The van der Waals surface area contributed by atoms with Gasteiger partial charge in [-0.2, -0.15) is 0 Å². The molecule has 0 N–H and O–H groups in total. The molecule has 3 aromatic rings. The first kappa shape index (κ1) is 15.0. The van der Waals surface area contributed by atoms with Crippen molar-refractivity contribution in [3.05, 3.63) is 65.0 Å². The second-order valence-corrected chi connectivity index (χ2v) is 7.52. The van der Waals surface area contributed by atoms with Crippen molar-refractivity contribution in [1.29, 1.82) is 0 Å². The van der Waals surface area contributed by atoms with Gasteiger partial charge in [0.25, 0.3) is 9.84 Å². The summed E-state index contributed by atoms with van der Waals surface area (Å²) < 4.78 is 31.3. The summed E-state index contributed by atoms with van der Waals surface area (Å²) in [5.41, 5.74) is 2.42. The number of rotatable bonds is 3. The topological polar surface area (TPSA) is 60.2 Å². The maximum atomic E-state index is 12.7. The number of hydrogen-bond donors (Lipinski definition) is 0. The number of benzene rings is 2. The van der Waals surface area contributed by atoms with Crippen LogP contribution in [0.1, 0.15) is 5.56 Å². The molecule has 112 valence electrons. The van der Waals surface area contributed by atoms with Crippen LogP contribution in [0, 0.1) is 6.92 Å². The summed E-state index contributed by atoms with van der Waals surface area (Å²) in [7, 11) is -3.79. The maximum absolute atomic E-state index is 12.7. The molecule has 0 saturated heterocycles. The zero-order valence-corrected chi connectivity index (χ0v) is 14.1. The minimum Gasteiger partial charge on any atom is -0.436 e. The quantitative estimate of drug-likeness (QED) is 0.684. The van der Waals surface area contributed by atoms with Crippen LogP contribution >= 0.6 is 15.9 Å². The molecule has 3 rings (SSSR count). The van der Waals surface area contributed by atoms with Gasteiger partial charge in [-0.3, -0.25) is 0 Å². The molecule has 0 aliphatic rings. The van der Waals surface area contributed by atoms with Gasteiger partial charge in [0, 0.05) is 10.0 Å². The van der Waals surface area contributed by atoms with Crippen LogP contribution in [0.5, 0.6) is 0 Å².